The van der Waals surface area contributed by atoms with E-state index in [1.165, 1.54) is 28.7 Å². The van der Waals surface area contributed by atoms with Gasteiger partial charge in [0.15, 0.2) is 0 Å². The van der Waals surface area contributed by atoms with Crippen LogP contribution in [0, 0.1) is 6.92 Å². The van der Waals surface area contributed by atoms with E-state index in [1.807, 2.05) is 0 Å². The highest BCUT2D eigenvalue weighted by Crippen LogP contribution is 2.24. The second-order valence-electron chi connectivity index (χ2n) is 5.17. The van der Waals surface area contributed by atoms with Gasteiger partial charge >= 0.3 is 0 Å². The summed E-state index contributed by atoms with van der Waals surface area (Å²) in [5.41, 5.74) is 5.70. The first-order valence-corrected chi connectivity index (χ1v) is 6.84. The van der Waals surface area contributed by atoms with Crippen LogP contribution in [0.1, 0.15) is 48.4 Å². The van der Waals surface area contributed by atoms with Gasteiger partial charge in [0.2, 0.25) is 0 Å². The summed E-state index contributed by atoms with van der Waals surface area (Å²) in [6, 6.07) is 17.7. The number of aryl methyl sites for hydroxylation is 1. The van der Waals surface area contributed by atoms with E-state index >= 15 is 0 Å². The summed E-state index contributed by atoms with van der Waals surface area (Å²) in [4.78, 5) is 0. The Hall–Kier alpha value is -1.56. The minimum absolute atomic E-state index is 0.645. The van der Waals surface area contributed by atoms with E-state index in [0.717, 1.165) is 6.42 Å². The van der Waals surface area contributed by atoms with Crippen molar-refractivity contribution in [2.75, 3.05) is 0 Å². The van der Waals surface area contributed by atoms with Crippen molar-refractivity contribution in [2.45, 2.75) is 39.5 Å². The lowest BCUT2D eigenvalue weighted by Crippen LogP contribution is -1.99. The van der Waals surface area contributed by atoms with Crippen LogP contribution in [0.25, 0.3) is 0 Å². The third-order valence-corrected chi connectivity index (χ3v) is 3.71. The number of benzene rings is 2. The summed E-state index contributed by atoms with van der Waals surface area (Å²) in [6.07, 6.45) is 2.24. The van der Waals surface area contributed by atoms with Crippen LogP contribution in [0.4, 0.5) is 0 Å². The van der Waals surface area contributed by atoms with Crippen molar-refractivity contribution in [1.29, 1.82) is 0 Å². The van der Waals surface area contributed by atoms with E-state index in [9.17, 15) is 0 Å². The molecule has 0 saturated carbocycles. The fraction of sp³-hybridized carbons (Fsp3) is 0.333. The molecule has 0 spiro atoms. The predicted octanol–water partition coefficient (Wildman–Crippen LogP) is 5.10. The van der Waals surface area contributed by atoms with Crippen LogP contribution in [0.5, 0.6) is 0 Å². The Bertz CT molecular complexity index is 494. The zero-order chi connectivity index (χ0) is 13.0. The summed E-state index contributed by atoms with van der Waals surface area (Å²) in [6.45, 7) is 6.71. The quantitative estimate of drug-likeness (QED) is 0.695. The number of rotatable bonds is 4. The minimum Gasteiger partial charge on any atom is -0.0648 e. The summed E-state index contributed by atoms with van der Waals surface area (Å²) >= 11 is 0. The molecule has 18 heavy (non-hydrogen) atoms. The Labute approximate surface area is 111 Å². The van der Waals surface area contributed by atoms with Crippen molar-refractivity contribution in [2.24, 2.45) is 0 Å². The molecule has 1 unspecified atom stereocenters. The molecule has 0 heterocycles. The molecule has 0 bridgehead atoms. The highest BCUT2D eigenvalue weighted by molar-refractivity contribution is 5.35. The summed E-state index contributed by atoms with van der Waals surface area (Å²) in [7, 11) is 0. The molecule has 0 fully saturated rings. The van der Waals surface area contributed by atoms with Gasteiger partial charge < -0.3 is 0 Å². The van der Waals surface area contributed by atoms with Crippen molar-refractivity contribution in [3.8, 4) is 0 Å². The molecule has 2 aromatic rings. The molecule has 0 amide bonds. The Balaban J connectivity index is 2.26. The number of hydrogen-bond donors (Lipinski definition) is 0. The maximum Gasteiger partial charge on any atom is -0.00229 e. The lowest BCUT2D eigenvalue weighted by molar-refractivity contribution is 0.725. The van der Waals surface area contributed by atoms with Crippen molar-refractivity contribution in [3.63, 3.8) is 0 Å². The van der Waals surface area contributed by atoms with Crippen LogP contribution in [0.3, 0.4) is 0 Å². The Kier molecular flexibility index (Phi) is 4.19. The lowest BCUT2D eigenvalue weighted by Gasteiger charge is -2.15. The molecule has 0 nitrogen and oxygen atoms in total. The first kappa shape index (κ1) is 12.9. The van der Waals surface area contributed by atoms with Crippen LogP contribution in [-0.4, -0.2) is 0 Å². The second kappa shape index (κ2) is 5.86. The van der Waals surface area contributed by atoms with Gasteiger partial charge in [0.05, 0.1) is 0 Å². The van der Waals surface area contributed by atoms with E-state index in [-0.39, 0.29) is 0 Å². The zero-order valence-corrected chi connectivity index (χ0v) is 11.6. The fourth-order valence-corrected chi connectivity index (χ4v) is 2.32. The average Bonchev–Trinajstić information content (AvgIpc) is 2.41. The summed E-state index contributed by atoms with van der Waals surface area (Å²) < 4.78 is 0. The fourth-order valence-electron chi connectivity index (χ4n) is 2.32. The summed E-state index contributed by atoms with van der Waals surface area (Å²) in [5, 5.41) is 0. The molecule has 0 aliphatic carbocycles. The van der Waals surface area contributed by atoms with E-state index in [4.69, 9.17) is 0 Å². The Morgan fingerprint density at radius 2 is 1.61 bits per heavy atom. The molecule has 2 aromatic carbocycles. The monoisotopic (exact) mass is 238 g/mol. The largest absolute Gasteiger partial charge is 0.0648 e. The smallest absolute Gasteiger partial charge is 0.00229 e. The molecule has 94 valence electrons. The van der Waals surface area contributed by atoms with Crippen molar-refractivity contribution < 1.29 is 0 Å². The molecule has 1 atom stereocenters. The van der Waals surface area contributed by atoms with Gasteiger partial charge in [-0.3, -0.25) is 0 Å². The van der Waals surface area contributed by atoms with Gasteiger partial charge in [-0.05, 0) is 42.4 Å². The standard InChI is InChI=1S/C18H22/c1-4-15(3)18-8-6-5-7-17(18)13-16-11-9-14(2)10-12-16/h5-12,15H,4,13H2,1-3H3. The summed E-state index contributed by atoms with van der Waals surface area (Å²) in [5.74, 6) is 0.645. The molecule has 0 aliphatic heterocycles. The van der Waals surface area contributed by atoms with Crippen molar-refractivity contribution >= 4 is 0 Å². The zero-order valence-electron chi connectivity index (χ0n) is 11.6. The Morgan fingerprint density at radius 1 is 0.944 bits per heavy atom. The molecule has 0 radical (unpaired) electrons. The first-order valence-electron chi connectivity index (χ1n) is 6.84. The van der Waals surface area contributed by atoms with Crippen molar-refractivity contribution in [1.82, 2.24) is 0 Å². The maximum atomic E-state index is 2.31. The normalized spacial score (nSPS) is 12.4. The van der Waals surface area contributed by atoms with Gasteiger partial charge in [-0.2, -0.15) is 0 Å². The van der Waals surface area contributed by atoms with Crippen LogP contribution in [0.15, 0.2) is 48.5 Å². The third-order valence-electron chi connectivity index (χ3n) is 3.71. The van der Waals surface area contributed by atoms with Crippen LogP contribution in [-0.2, 0) is 6.42 Å². The van der Waals surface area contributed by atoms with Gasteiger partial charge in [-0.15, -0.1) is 0 Å². The predicted molar refractivity (Wildman–Crippen MR) is 79.1 cm³/mol. The van der Waals surface area contributed by atoms with Gasteiger partial charge in [0.25, 0.3) is 0 Å². The first-order chi connectivity index (χ1) is 8.70. The lowest BCUT2D eigenvalue weighted by atomic mass is 9.90. The topological polar surface area (TPSA) is 0 Å². The molecule has 2 rings (SSSR count). The average molecular weight is 238 g/mol. The molecule has 0 saturated heterocycles. The molecule has 0 aromatic heterocycles. The van der Waals surface area contributed by atoms with Gasteiger partial charge in [-0.1, -0.05) is 67.9 Å². The van der Waals surface area contributed by atoms with Gasteiger partial charge in [-0.25, -0.2) is 0 Å². The maximum absolute atomic E-state index is 2.31. The van der Waals surface area contributed by atoms with E-state index in [1.54, 1.807) is 0 Å². The molecule has 0 aliphatic rings. The van der Waals surface area contributed by atoms with E-state index < -0.39 is 0 Å². The van der Waals surface area contributed by atoms with Crippen LogP contribution in [0.2, 0.25) is 0 Å². The molecule has 0 heteroatoms. The van der Waals surface area contributed by atoms with Crippen LogP contribution < -0.4 is 0 Å². The Morgan fingerprint density at radius 3 is 2.28 bits per heavy atom. The van der Waals surface area contributed by atoms with Gasteiger partial charge in [0, 0.05) is 0 Å². The van der Waals surface area contributed by atoms with Crippen LogP contribution >= 0.6 is 0 Å². The van der Waals surface area contributed by atoms with Gasteiger partial charge in [0.1, 0.15) is 0 Å². The molecular weight excluding hydrogens is 216 g/mol. The van der Waals surface area contributed by atoms with E-state index in [2.05, 4.69) is 69.3 Å². The molecular formula is C18H22. The minimum atomic E-state index is 0.645. The van der Waals surface area contributed by atoms with Crippen molar-refractivity contribution in [3.05, 3.63) is 70.8 Å². The highest BCUT2D eigenvalue weighted by Gasteiger charge is 2.08. The highest BCUT2D eigenvalue weighted by atomic mass is 14.1. The molecule has 0 N–H and O–H groups in total. The SMILES string of the molecule is CCC(C)c1ccccc1Cc1ccc(C)cc1. The third kappa shape index (κ3) is 3.01. The van der Waals surface area contributed by atoms with E-state index in [0.29, 0.717) is 5.92 Å². The number of hydrogen-bond acceptors (Lipinski definition) is 0. The second-order valence-corrected chi connectivity index (χ2v) is 5.17.